The molecule has 15 heavy (non-hydrogen) atoms. The van der Waals surface area contributed by atoms with Crippen molar-refractivity contribution in [2.24, 2.45) is 0 Å². The van der Waals surface area contributed by atoms with Crippen molar-refractivity contribution in [3.63, 3.8) is 0 Å². The Morgan fingerprint density at radius 3 is 2.47 bits per heavy atom. The van der Waals surface area contributed by atoms with E-state index in [9.17, 15) is 13.5 Å². The molecule has 1 aromatic rings. The van der Waals surface area contributed by atoms with Crippen LogP contribution in [0.4, 0.5) is 0 Å². The van der Waals surface area contributed by atoms with Gasteiger partial charge in [0.15, 0.2) is 5.75 Å². The van der Waals surface area contributed by atoms with Gasteiger partial charge in [-0.1, -0.05) is 12.7 Å². The summed E-state index contributed by atoms with van der Waals surface area (Å²) in [4.78, 5) is 0. The average molecular weight is 228 g/mol. The third-order valence-electron chi connectivity index (χ3n) is 2.07. The summed E-state index contributed by atoms with van der Waals surface area (Å²) in [6.45, 7) is 3.44. The molecule has 0 saturated carbocycles. The number of phenolic OH excluding ortho intramolecular Hbond substituents is 1. The van der Waals surface area contributed by atoms with E-state index >= 15 is 0 Å². The third kappa shape index (κ3) is 0.949. The van der Waals surface area contributed by atoms with E-state index in [-0.39, 0.29) is 34.3 Å². The smallest absolute Gasteiger partial charge is 0.501 e. The lowest BCUT2D eigenvalue weighted by molar-refractivity contribution is 0.430. The predicted molar refractivity (Wildman–Crippen MR) is 48.4 cm³/mol. The summed E-state index contributed by atoms with van der Waals surface area (Å²) in [6.07, 6.45) is 1.26. The second-order valence-corrected chi connectivity index (χ2v) is 4.11. The first kappa shape index (κ1) is 8.42. The van der Waals surface area contributed by atoms with Gasteiger partial charge in [0.25, 0.3) is 0 Å². The van der Waals surface area contributed by atoms with E-state index in [0.29, 0.717) is 0 Å². The van der Waals surface area contributed by atoms with Gasteiger partial charge in [-0.15, -0.1) is 8.42 Å². The molecule has 0 atom stereocenters. The zero-order valence-corrected chi connectivity index (χ0v) is 8.00. The van der Waals surface area contributed by atoms with E-state index in [1.165, 1.54) is 6.08 Å². The first-order valence-corrected chi connectivity index (χ1v) is 5.24. The fraction of sp³-hybridized carbons (Fsp3) is 0. The van der Waals surface area contributed by atoms with Gasteiger partial charge in [-0.3, -0.25) is 0 Å². The first-order valence-electron chi connectivity index (χ1n) is 3.90. The summed E-state index contributed by atoms with van der Waals surface area (Å²) < 4.78 is 36.0. The Morgan fingerprint density at radius 1 is 1.13 bits per heavy atom. The molecule has 0 spiro atoms. The lowest BCUT2D eigenvalue weighted by Crippen LogP contribution is -2.08. The summed E-state index contributed by atoms with van der Waals surface area (Å²) in [7, 11) is -4.08. The van der Waals surface area contributed by atoms with Crippen LogP contribution in [0.2, 0.25) is 0 Å². The van der Waals surface area contributed by atoms with Crippen molar-refractivity contribution in [3.8, 4) is 28.7 Å². The van der Waals surface area contributed by atoms with E-state index in [0.717, 1.165) is 0 Å². The molecule has 0 fully saturated rings. The van der Waals surface area contributed by atoms with Crippen LogP contribution < -0.4 is 13.1 Å². The topological polar surface area (TPSA) is 85.4 Å². The Kier molecular flexibility index (Phi) is 1.23. The second-order valence-electron chi connectivity index (χ2n) is 2.96. The van der Waals surface area contributed by atoms with Crippen LogP contribution in [0.25, 0.3) is 6.08 Å². The van der Waals surface area contributed by atoms with Crippen molar-refractivity contribution in [1.29, 1.82) is 0 Å². The molecule has 6 nitrogen and oxygen atoms in total. The number of aromatic hydroxyl groups is 1. The molecule has 78 valence electrons. The molecular formula is C8H4O6S. The fourth-order valence-corrected chi connectivity index (χ4v) is 2.17. The Bertz CT molecular complexity index is 600. The highest BCUT2D eigenvalue weighted by Gasteiger charge is 2.44. The molecule has 1 N–H and O–H groups in total. The van der Waals surface area contributed by atoms with Crippen molar-refractivity contribution in [1.82, 2.24) is 0 Å². The SMILES string of the molecule is C=Cc1c(O)c2c(c3c1OS(=O)(=O)O3)O2. The van der Waals surface area contributed by atoms with Crippen molar-refractivity contribution in [3.05, 3.63) is 12.1 Å². The van der Waals surface area contributed by atoms with Crippen molar-refractivity contribution in [2.75, 3.05) is 0 Å². The van der Waals surface area contributed by atoms with E-state index in [2.05, 4.69) is 14.9 Å². The summed E-state index contributed by atoms with van der Waals surface area (Å²) in [5.74, 6) is 0.0782. The Labute approximate surface area is 84.6 Å². The minimum Gasteiger partial charge on any atom is -0.504 e. The van der Waals surface area contributed by atoms with Gasteiger partial charge >= 0.3 is 10.4 Å². The van der Waals surface area contributed by atoms with Gasteiger partial charge in [-0.2, -0.15) is 0 Å². The van der Waals surface area contributed by atoms with Crippen LogP contribution in [-0.2, 0) is 10.4 Å². The van der Waals surface area contributed by atoms with Crippen LogP contribution >= 0.6 is 0 Å². The molecule has 7 heteroatoms. The predicted octanol–water partition coefficient (Wildman–Crippen LogP) is 1.16. The maximum atomic E-state index is 11.0. The van der Waals surface area contributed by atoms with Crippen LogP contribution in [0, 0.1) is 0 Å². The van der Waals surface area contributed by atoms with Crippen LogP contribution in [0.5, 0.6) is 28.7 Å². The first-order chi connectivity index (χ1) is 7.03. The van der Waals surface area contributed by atoms with E-state index < -0.39 is 10.4 Å². The number of hydrogen-bond donors (Lipinski definition) is 1. The van der Waals surface area contributed by atoms with Crippen molar-refractivity contribution in [2.45, 2.75) is 0 Å². The highest BCUT2D eigenvalue weighted by Crippen LogP contribution is 2.66. The minimum absolute atomic E-state index is 0.0299. The molecule has 0 radical (unpaired) electrons. The zero-order chi connectivity index (χ0) is 10.8. The molecule has 0 bridgehead atoms. The molecule has 0 saturated heterocycles. The van der Waals surface area contributed by atoms with Gasteiger partial charge in [0.05, 0.1) is 5.56 Å². The van der Waals surface area contributed by atoms with Crippen LogP contribution in [0.1, 0.15) is 5.56 Å². The van der Waals surface area contributed by atoms with E-state index in [4.69, 9.17) is 4.74 Å². The molecule has 0 aliphatic carbocycles. The molecule has 3 rings (SSSR count). The highest BCUT2D eigenvalue weighted by molar-refractivity contribution is 7.82. The quantitative estimate of drug-likeness (QED) is 0.737. The number of ether oxygens (including phenoxy) is 1. The zero-order valence-electron chi connectivity index (χ0n) is 7.18. The van der Waals surface area contributed by atoms with Gasteiger partial charge in [-0.05, 0) is 0 Å². The lowest BCUT2D eigenvalue weighted by Gasteiger charge is -1.97. The second kappa shape index (κ2) is 2.19. The highest BCUT2D eigenvalue weighted by atomic mass is 32.3. The Morgan fingerprint density at radius 2 is 1.80 bits per heavy atom. The summed E-state index contributed by atoms with van der Waals surface area (Å²) in [5, 5.41) is 9.56. The maximum absolute atomic E-state index is 11.0. The summed E-state index contributed by atoms with van der Waals surface area (Å²) in [5.41, 5.74) is 0.141. The van der Waals surface area contributed by atoms with Crippen molar-refractivity contribution < 1.29 is 26.6 Å². The largest absolute Gasteiger partial charge is 0.504 e. The summed E-state index contributed by atoms with van der Waals surface area (Å²) >= 11 is 0. The maximum Gasteiger partial charge on any atom is 0.501 e. The van der Waals surface area contributed by atoms with Crippen LogP contribution in [0.15, 0.2) is 6.58 Å². The van der Waals surface area contributed by atoms with Crippen LogP contribution in [-0.4, -0.2) is 13.5 Å². The molecule has 0 unspecified atom stereocenters. The van der Waals surface area contributed by atoms with E-state index in [1.54, 1.807) is 0 Å². The summed E-state index contributed by atoms with van der Waals surface area (Å²) in [6, 6.07) is 0. The van der Waals surface area contributed by atoms with Gasteiger partial charge in [0.2, 0.25) is 23.0 Å². The van der Waals surface area contributed by atoms with Crippen LogP contribution in [0.3, 0.4) is 0 Å². The number of benzene rings is 1. The molecule has 0 aromatic heterocycles. The molecular weight excluding hydrogens is 224 g/mol. The normalized spacial score (nSPS) is 17.9. The molecule has 1 aromatic carbocycles. The number of phenols is 1. The Hall–Kier alpha value is -1.89. The van der Waals surface area contributed by atoms with Gasteiger partial charge in [0.1, 0.15) is 0 Å². The molecule has 2 heterocycles. The molecule has 2 aliphatic rings. The molecule has 0 amide bonds. The third-order valence-corrected chi connectivity index (χ3v) is 2.81. The monoisotopic (exact) mass is 228 g/mol. The number of fused-ring (bicyclic) bond motifs is 3. The van der Waals surface area contributed by atoms with E-state index in [1.807, 2.05) is 0 Å². The minimum atomic E-state index is -4.08. The standard InChI is InChI=1S/C8H4O6S/c1-2-3-4(9)6-7(12-6)8-5(3)13-15(10,11)14-8/h2,9H,1H2. The lowest BCUT2D eigenvalue weighted by atomic mass is 10.1. The molecule has 2 aliphatic heterocycles. The van der Waals surface area contributed by atoms with Gasteiger partial charge < -0.3 is 18.2 Å². The van der Waals surface area contributed by atoms with Gasteiger partial charge in [0, 0.05) is 0 Å². The van der Waals surface area contributed by atoms with Gasteiger partial charge in [-0.25, -0.2) is 0 Å². The fourth-order valence-electron chi connectivity index (χ4n) is 1.41. The van der Waals surface area contributed by atoms with Crippen molar-refractivity contribution >= 4 is 16.5 Å². The Balaban J connectivity index is 2.36. The number of hydrogen-bond acceptors (Lipinski definition) is 6. The number of rotatable bonds is 1. The average Bonchev–Trinajstić information content (AvgIpc) is 2.87.